The zero-order valence-electron chi connectivity index (χ0n) is 13.6. The number of nitrogens with zero attached hydrogens (tertiary/aromatic N) is 2. The number of imide groups is 1. The number of amides is 2. The predicted molar refractivity (Wildman–Crippen MR) is 101 cm³/mol. The van der Waals surface area contributed by atoms with Crippen LogP contribution in [0.5, 0.6) is 0 Å². The standard InChI is InChI=1S/C18H13ClN2O4S/c1-11-3-2-4-12(7-11)10-20-17(22)16(26-18(20)23)9-13-8-14(21(24)25)5-6-15(13)19/h2-9H,10H2,1H3/b16-9-. The number of rotatable bonds is 4. The number of thioether (sulfide) groups is 1. The Morgan fingerprint density at radius 1 is 1.23 bits per heavy atom. The van der Waals surface area contributed by atoms with Gasteiger partial charge in [-0.1, -0.05) is 41.4 Å². The van der Waals surface area contributed by atoms with Gasteiger partial charge in [-0.05, 0) is 36.4 Å². The zero-order chi connectivity index (χ0) is 18.8. The maximum atomic E-state index is 12.6. The van der Waals surface area contributed by atoms with E-state index in [4.69, 9.17) is 11.6 Å². The second-order valence-corrected chi connectivity index (χ2v) is 7.12. The van der Waals surface area contributed by atoms with E-state index in [0.29, 0.717) is 5.56 Å². The Labute approximate surface area is 158 Å². The Kier molecular flexibility index (Phi) is 5.11. The molecule has 0 aromatic heterocycles. The zero-order valence-corrected chi connectivity index (χ0v) is 15.2. The van der Waals surface area contributed by atoms with Gasteiger partial charge in [0.25, 0.3) is 16.8 Å². The average Bonchev–Trinajstić information content (AvgIpc) is 2.84. The summed E-state index contributed by atoms with van der Waals surface area (Å²) in [4.78, 5) is 36.5. The van der Waals surface area contributed by atoms with Gasteiger partial charge in [0.1, 0.15) is 0 Å². The van der Waals surface area contributed by atoms with E-state index < -0.39 is 10.8 Å². The van der Waals surface area contributed by atoms with Crippen LogP contribution in [0.1, 0.15) is 16.7 Å². The summed E-state index contributed by atoms with van der Waals surface area (Å²) in [6.45, 7) is 2.11. The van der Waals surface area contributed by atoms with Crippen molar-refractivity contribution in [3.63, 3.8) is 0 Å². The molecule has 2 amide bonds. The summed E-state index contributed by atoms with van der Waals surface area (Å²) in [6, 6.07) is 11.5. The van der Waals surface area contributed by atoms with Crippen molar-refractivity contribution in [2.45, 2.75) is 13.5 Å². The summed E-state index contributed by atoms with van der Waals surface area (Å²) in [5.74, 6) is -0.441. The first-order chi connectivity index (χ1) is 12.3. The molecule has 0 spiro atoms. The van der Waals surface area contributed by atoms with Gasteiger partial charge in [0, 0.05) is 22.7 Å². The lowest BCUT2D eigenvalue weighted by molar-refractivity contribution is -0.384. The number of carbonyl (C=O) groups is 2. The van der Waals surface area contributed by atoms with Gasteiger partial charge in [-0.3, -0.25) is 24.6 Å². The highest BCUT2D eigenvalue weighted by Crippen LogP contribution is 2.35. The van der Waals surface area contributed by atoms with Crippen molar-refractivity contribution < 1.29 is 14.5 Å². The van der Waals surface area contributed by atoms with Gasteiger partial charge in [0.2, 0.25) is 0 Å². The summed E-state index contributed by atoms with van der Waals surface area (Å²) in [6.07, 6.45) is 1.41. The molecule has 0 atom stereocenters. The quantitative estimate of drug-likeness (QED) is 0.427. The van der Waals surface area contributed by atoms with Gasteiger partial charge >= 0.3 is 0 Å². The van der Waals surface area contributed by atoms with Crippen LogP contribution < -0.4 is 0 Å². The van der Waals surface area contributed by atoms with Crippen LogP contribution in [0.25, 0.3) is 6.08 Å². The lowest BCUT2D eigenvalue weighted by Crippen LogP contribution is -2.27. The third kappa shape index (κ3) is 3.79. The van der Waals surface area contributed by atoms with Crippen LogP contribution in [0.15, 0.2) is 47.4 Å². The van der Waals surface area contributed by atoms with E-state index >= 15 is 0 Å². The molecule has 1 saturated heterocycles. The molecule has 0 N–H and O–H groups in total. The molecular formula is C18H13ClN2O4S. The van der Waals surface area contributed by atoms with E-state index in [0.717, 1.165) is 27.8 Å². The third-order valence-electron chi connectivity index (χ3n) is 3.77. The first kappa shape index (κ1) is 18.2. The number of halogens is 1. The topological polar surface area (TPSA) is 80.5 Å². The Balaban J connectivity index is 1.88. The second-order valence-electron chi connectivity index (χ2n) is 5.72. The first-order valence-electron chi connectivity index (χ1n) is 7.60. The second kappa shape index (κ2) is 7.31. The Morgan fingerprint density at radius 3 is 2.69 bits per heavy atom. The fraction of sp³-hybridized carbons (Fsp3) is 0.111. The van der Waals surface area contributed by atoms with E-state index in [1.54, 1.807) is 0 Å². The van der Waals surface area contributed by atoms with Gasteiger partial charge in [0.15, 0.2) is 0 Å². The molecular weight excluding hydrogens is 376 g/mol. The number of hydrogen-bond donors (Lipinski definition) is 0. The Hall–Kier alpha value is -2.64. The molecule has 2 aromatic carbocycles. The van der Waals surface area contributed by atoms with Gasteiger partial charge in [-0.25, -0.2) is 0 Å². The molecule has 0 aliphatic carbocycles. The molecule has 1 aliphatic heterocycles. The van der Waals surface area contributed by atoms with Crippen LogP contribution in [-0.4, -0.2) is 21.0 Å². The third-order valence-corrected chi connectivity index (χ3v) is 5.03. The molecule has 0 bridgehead atoms. The molecule has 2 aromatic rings. The van der Waals surface area contributed by atoms with Gasteiger partial charge in [-0.15, -0.1) is 0 Å². The SMILES string of the molecule is Cc1cccc(CN2C(=O)S/C(=C\c3cc([N+](=O)[O-])ccc3Cl)C2=O)c1. The molecule has 0 unspecified atom stereocenters. The Morgan fingerprint density at radius 2 is 2.00 bits per heavy atom. The van der Waals surface area contributed by atoms with Crippen molar-refractivity contribution in [3.05, 3.63) is 79.2 Å². The van der Waals surface area contributed by atoms with E-state index in [1.165, 1.54) is 24.3 Å². The molecule has 26 heavy (non-hydrogen) atoms. The summed E-state index contributed by atoms with van der Waals surface area (Å²) in [5.41, 5.74) is 2.07. The number of nitro groups is 1. The predicted octanol–water partition coefficient (Wildman–Crippen LogP) is 4.79. The monoisotopic (exact) mass is 388 g/mol. The van der Waals surface area contributed by atoms with Crippen molar-refractivity contribution in [1.29, 1.82) is 0 Å². The maximum Gasteiger partial charge on any atom is 0.293 e. The van der Waals surface area contributed by atoms with Crippen LogP contribution in [0, 0.1) is 17.0 Å². The maximum absolute atomic E-state index is 12.6. The van der Waals surface area contributed by atoms with Gasteiger partial charge in [-0.2, -0.15) is 0 Å². The average molecular weight is 389 g/mol. The van der Waals surface area contributed by atoms with E-state index in [-0.39, 0.29) is 27.4 Å². The molecule has 8 heteroatoms. The van der Waals surface area contributed by atoms with Crippen LogP contribution >= 0.6 is 23.4 Å². The van der Waals surface area contributed by atoms with E-state index in [1.807, 2.05) is 31.2 Å². The van der Waals surface area contributed by atoms with Crippen LogP contribution in [-0.2, 0) is 11.3 Å². The van der Waals surface area contributed by atoms with Crippen LogP contribution in [0.4, 0.5) is 10.5 Å². The van der Waals surface area contributed by atoms with Crippen molar-refractivity contribution in [3.8, 4) is 0 Å². The summed E-state index contributed by atoms with van der Waals surface area (Å²) in [7, 11) is 0. The number of nitro benzene ring substituents is 1. The van der Waals surface area contributed by atoms with Crippen LogP contribution in [0.2, 0.25) is 5.02 Å². The molecule has 132 valence electrons. The smallest absolute Gasteiger partial charge is 0.268 e. The first-order valence-corrected chi connectivity index (χ1v) is 8.79. The Bertz CT molecular complexity index is 958. The molecule has 0 saturated carbocycles. The van der Waals surface area contributed by atoms with Crippen molar-refractivity contribution in [2.24, 2.45) is 0 Å². The number of benzene rings is 2. The van der Waals surface area contributed by atoms with Gasteiger partial charge in [0.05, 0.1) is 16.4 Å². The molecule has 1 aliphatic rings. The minimum Gasteiger partial charge on any atom is -0.268 e. The van der Waals surface area contributed by atoms with Crippen molar-refractivity contribution >= 4 is 46.3 Å². The number of non-ortho nitro benzene ring substituents is 1. The molecule has 6 nitrogen and oxygen atoms in total. The molecule has 0 radical (unpaired) electrons. The minimum atomic E-state index is -0.545. The summed E-state index contributed by atoms with van der Waals surface area (Å²) in [5, 5.41) is 10.8. The number of hydrogen-bond acceptors (Lipinski definition) is 5. The van der Waals surface area contributed by atoms with Crippen molar-refractivity contribution in [1.82, 2.24) is 4.90 Å². The molecule has 3 rings (SSSR count). The largest absolute Gasteiger partial charge is 0.293 e. The normalized spacial score (nSPS) is 15.8. The fourth-order valence-electron chi connectivity index (χ4n) is 2.53. The fourth-order valence-corrected chi connectivity index (χ4v) is 3.53. The highest BCUT2D eigenvalue weighted by atomic mass is 35.5. The number of carbonyl (C=O) groups excluding carboxylic acids is 2. The molecule has 1 fully saturated rings. The van der Waals surface area contributed by atoms with Crippen molar-refractivity contribution in [2.75, 3.05) is 0 Å². The summed E-state index contributed by atoms with van der Waals surface area (Å²) >= 11 is 6.85. The van der Waals surface area contributed by atoms with E-state index in [9.17, 15) is 19.7 Å². The lowest BCUT2D eigenvalue weighted by atomic mass is 10.1. The molecule has 1 heterocycles. The highest BCUT2D eigenvalue weighted by molar-refractivity contribution is 8.18. The van der Waals surface area contributed by atoms with Gasteiger partial charge < -0.3 is 0 Å². The minimum absolute atomic E-state index is 0.139. The lowest BCUT2D eigenvalue weighted by Gasteiger charge is -2.12. The van der Waals surface area contributed by atoms with E-state index in [2.05, 4.69) is 0 Å². The summed E-state index contributed by atoms with van der Waals surface area (Å²) < 4.78 is 0. The van der Waals surface area contributed by atoms with Crippen LogP contribution in [0.3, 0.4) is 0 Å². The highest BCUT2D eigenvalue weighted by Gasteiger charge is 2.35. The number of aryl methyl sites for hydroxylation is 1.